The predicted octanol–water partition coefficient (Wildman–Crippen LogP) is 0.929. The highest BCUT2D eigenvalue weighted by Gasteiger charge is 2.51. The highest BCUT2D eigenvalue weighted by atomic mass is 15.3. The zero-order chi connectivity index (χ0) is 12.0. The fourth-order valence-electron chi connectivity index (χ4n) is 5.37. The summed E-state index contributed by atoms with van der Waals surface area (Å²) in [6, 6.07) is 1.99. The summed E-state index contributed by atoms with van der Waals surface area (Å²) in [7, 11) is 7.41. The number of hydrogen-bond donors (Lipinski definition) is 1. The van der Waals surface area contributed by atoms with Gasteiger partial charge in [0.2, 0.25) is 0 Å². The molecule has 17 heavy (non-hydrogen) atoms. The fraction of sp³-hybridized carbons (Fsp3) is 1.00. The largest absolute Gasteiger partial charge is 0.335 e. The molecule has 2 heteroatoms. The smallest absolute Gasteiger partial charge is 0.0922 e. The summed E-state index contributed by atoms with van der Waals surface area (Å²) in [6.07, 6.45) is 9.00. The molecule has 5 atom stereocenters. The zero-order valence-electron chi connectivity index (χ0n) is 11.9. The van der Waals surface area contributed by atoms with Crippen molar-refractivity contribution in [3.05, 3.63) is 0 Å². The van der Waals surface area contributed by atoms with Gasteiger partial charge in [0.1, 0.15) is 0 Å². The molecular weight excluding hydrogens is 208 g/mol. The molecule has 2 aliphatic heterocycles. The SMILES string of the molecule is C[NH+]1CCCC2C3CCC[N+](C)(C)C3CCC21. The molecule has 3 fully saturated rings. The molecule has 2 heterocycles. The van der Waals surface area contributed by atoms with Gasteiger partial charge in [-0.25, -0.2) is 0 Å². The van der Waals surface area contributed by atoms with Crippen LogP contribution in [-0.2, 0) is 0 Å². The van der Waals surface area contributed by atoms with Crippen LogP contribution in [0.2, 0.25) is 0 Å². The number of nitrogens with one attached hydrogen (secondary N) is 1. The molecule has 0 spiro atoms. The highest BCUT2D eigenvalue weighted by Crippen LogP contribution is 2.43. The van der Waals surface area contributed by atoms with Crippen LogP contribution in [0.25, 0.3) is 0 Å². The van der Waals surface area contributed by atoms with E-state index in [9.17, 15) is 0 Å². The summed E-state index contributed by atoms with van der Waals surface area (Å²) >= 11 is 0. The molecule has 0 radical (unpaired) electrons. The molecule has 0 aromatic heterocycles. The molecular formula is C15H30N2+2. The third-order valence-corrected chi connectivity index (χ3v) is 6.25. The summed E-state index contributed by atoms with van der Waals surface area (Å²) in [6.45, 7) is 2.85. The normalized spacial score (nSPS) is 49.2. The molecule has 0 aromatic carbocycles. The van der Waals surface area contributed by atoms with E-state index in [1.54, 1.807) is 0 Å². The van der Waals surface area contributed by atoms with Crippen molar-refractivity contribution in [1.29, 1.82) is 0 Å². The van der Waals surface area contributed by atoms with E-state index < -0.39 is 0 Å². The Bertz CT molecular complexity index is 287. The fourth-order valence-corrected chi connectivity index (χ4v) is 5.37. The van der Waals surface area contributed by atoms with Crippen molar-refractivity contribution in [3.8, 4) is 0 Å². The van der Waals surface area contributed by atoms with Crippen molar-refractivity contribution < 1.29 is 9.38 Å². The van der Waals surface area contributed by atoms with Crippen LogP contribution in [-0.4, -0.2) is 50.8 Å². The van der Waals surface area contributed by atoms with Crippen LogP contribution in [0.15, 0.2) is 0 Å². The van der Waals surface area contributed by atoms with Gasteiger partial charge in [-0.3, -0.25) is 0 Å². The first-order valence-electron chi connectivity index (χ1n) is 7.74. The van der Waals surface area contributed by atoms with Gasteiger partial charge in [-0.1, -0.05) is 0 Å². The third kappa shape index (κ3) is 1.94. The lowest BCUT2D eigenvalue weighted by molar-refractivity contribution is -0.941. The lowest BCUT2D eigenvalue weighted by Gasteiger charge is -2.54. The number of piperidine rings is 2. The molecule has 2 saturated heterocycles. The van der Waals surface area contributed by atoms with Crippen LogP contribution in [0.3, 0.4) is 0 Å². The van der Waals surface area contributed by atoms with Gasteiger partial charge < -0.3 is 9.38 Å². The Morgan fingerprint density at radius 2 is 1.71 bits per heavy atom. The molecule has 3 rings (SSSR count). The first kappa shape index (κ1) is 12.0. The quantitative estimate of drug-likeness (QED) is 0.599. The Kier molecular flexibility index (Phi) is 2.99. The van der Waals surface area contributed by atoms with Crippen molar-refractivity contribution in [3.63, 3.8) is 0 Å². The van der Waals surface area contributed by atoms with Gasteiger partial charge in [0, 0.05) is 24.7 Å². The maximum absolute atomic E-state index is 2.48. The van der Waals surface area contributed by atoms with E-state index in [1.165, 1.54) is 56.1 Å². The van der Waals surface area contributed by atoms with Crippen LogP contribution in [0.4, 0.5) is 0 Å². The molecule has 0 bridgehead atoms. The van der Waals surface area contributed by atoms with Gasteiger partial charge in [-0.2, -0.15) is 0 Å². The van der Waals surface area contributed by atoms with E-state index in [1.807, 2.05) is 4.90 Å². The Balaban J connectivity index is 1.82. The van der Waals surface area contributed by atoms with E-state index in [0.717, 1.165) is 23.9 Å². The van der Waals surface area contributed by atoms with Gasteiger partial charge in [-0.15, -0.1) is 0 Å². The maximum Gasteiger partial charge on any atom is 0.0922 e. The number of rotatable bonds is 0. The maximum atomic E-state index is 2.48. The summed E-state index contributed by atoms with van der Waals surface area (Å²) in [5.41, 5.74) is 0. The second-order valence-corrected chi connectivity index (χ2v) is 7.46. The van der Waals surface area contributed by atoms with Crippen LogP contribution in [0.1, 0.15) is 38.5 Å². The van der Waals surface area contributed by atoms with Crippen LogP contribution >= 0.6 is 0 Å². The van der Waals surface area contributed by atoms with E-state index in [4.69, 9.17) is 0 Å². The number of likely N-dealkylation sites (tertiary alicyclic amines) is 2. The number of hydrogen-bond acceptors (Lipinski definition) is 0. The number of fused-ring (bicyclic) bond motifs is 3. The molecule has 2 nitrogen and oxygen atoms in total. The number of nitrogens with zero attached hydrogens (tertiary/aromatic N) is 1. The molecule has 0 amide bonds. The van der Waals surface area contributed by atoms with Gasteiger partial charge in [0.25, 0.3) is 0 Å². The standard InChI is InChI=1S/C15H29N2/c1-16-10-4-6-12-13-7-5-11-17(2,3)15(13)9-8-14(12)16/h12-15H,4-11H2,1-3H3/q+1/p+1. The highest BCUT2D eigenvalue weighted by molar-refractivity contribution is 4.91. The minimum absolute atomic E-state index is 0.982. The van der Waals surface area contributed by atoms with E-state index in [-0.39, 0.29) is 0 Å². The molecule has 0 aromatic rings. The minimum Gasteiger partial charge on any atom is -0.335 e. The second-order valence-electron chi connectivity index (χ2n) is 7.46. The van der Waals surface area contributed by atoms with Crippen LogP contribution in [0.5, 0.6) is 0 Å². The first-order valence-corrected chi connectivity index (χ1v) is 7.74. The monoisotopic (exact) mass is 238 g/mol. The average molecular weight is 238 g/mol. The summed E-state index contributed by atoms with van der Waals surface area (Å²) < 4.78 is 1.31. The van der Waals surface area contributed by atoms with Crippen molar-refractivity contribution in [2.24, 2.45) is 11.8 Å². The molecule has 1 aliphatic carbocycles. The molecule has 1 N–H and O–H groups in total. The first-order chi connectivity index (χ1) is 8.09. The van der Waals surface area contributed by atoms with Crippen LogP contribution in [0, 0.1) is 11.8 Å². The van der Waals surface area contributed by atoms with Gasteiger partial charge in [0.05, 0.1) is 46.3 Å². The Labute approximate surface area is 107 Å². The third-order valence-electron chi connectivity index (χ3n) is 6.25. The zero-order valence-corrected chi connectivity index (χ0v) is 11.9. The topological polar surface area (TPSA) is 4.44 Å². The Morgan fingerprint density at radius 3 is 2.53 bits per heavy atom. The van der Waals surface area contributed by atoms with Gasteiger partial charge in [-0.05, 0) is 25.7 Å². The van der Waals surface area contributed by atoms with Crippen molar-refractivity contribution in [2.45, 2.75) is 50.6 Å². The van der Waals surface area contributed by atoms with E-state index in [0.29, 0.717) is 0 Å². The Hall–Kier alpha value is -0.0800. The second kappa shape index (κ2) is 4.24. The molecule has 3 aliphatic rings. The lowest BCUT2D eigenvalue weighted by atomic mass is 9.65. The van der Waals surface area contributed by atoms with Crippen LogP contribution < -0.4 is 4.90 Å². The molecule has 1 saturated carbocycles. The summed E-state index contributed by atoms with van der Waals surface area (Å²) in [4.78, 5) is 1.84. The van der Waals surface area contributed by atoms with Crippen molar-refractivity contribution in [2.75, 3.05) is 34.2 Å². The lowest BCUT2D eigenvalue weighted by Crippen LogP contribution is -3.15. The van der Waals surface area contributed by atoms with E-state index in [2.05, 4.69) is 21.1 Å². The average Bonchev–Trinajstić information content (AvgIpc) is 2.29. The van der Waals surface area contributed by atoms with E-state index >= 15 is 0 Å². The van der Waals surface area contributed by atoms with Gasteiger partial charge in [0.15, 0.2) is 0 Å². The Morgan fingerprint density at radius 1 is 0.941 bits per heavy atom. The minimum atomic E-state index is 0.982. The van der Waals surface area contributed by atoms with Crippen molar-refractivity contribution in [1.82, 2.24) is 0 Å². The van der Waals surface area contributed by atoms with Gasteiger partial charge >= 0.3 is 0 Å². The summed E-state index contributed by atoms with van der Waals surface area (Å²) in [5.74, 6) is 2.10. The summed E-state index contributed by atoms with van der Waals surface area (Å²) in [5, 5.41) is 0. The molecule has 5 unspecified atom stereocenters. The number of quaternary nitrogens is 2. The molecule has 98 valence electrons. The van der Waals surface area contributed by atoms with Crippen molar-refractivity contribution >= 4 is 0 Å². The predicted molar refractivity (Wildman–Crippen MR) is 71.0 cm³/mol.